The maximum absolute atomic E-state index is 12.3. The largest absolute Gasteiger partial charge is 0.320 e. The third-order valence-electron chi connectivity index (χ3n) is 4.06. The molecule has 2 aromatic rings. The molecule has 1 aromatic heterocycles. The van der Waals surface area contributed by atoms with Gasteiger partial charge in [0.1, 0.15) is 0 Å². The third-order valence-corrected chi connectivity index (χ3v) is 4.06. The quantitative estimate of drug-likeness (QED) is 0.757. The number of ketones is 1. The lowest BCUT2D eigenvalue weighted by Crippen LogP contribution is -2.27. The van der Waals surface area contributed by atoms with Crippen LogP contribution in [0.3, 0.4) is 0 Å². The predicted molar refractivity (Wildman–Crippen MR) is 81.7 cm³/mol. The number of aryl methyl sites for hydroxylation is 2. The normalized spacial score (nSPS) is 17.1. The van der Waals surface area contributed by atoms with Crippen LogP contribution in [-0.4, -0.2) is 10.4 Å². The zero-order valence-corrected chi connectivity index (χ0v) is 12.7. The zero-order valence-electron chi connectivity index (χ0n) is 12.7. The summed E-state index contributed by atoms with van der Waals surface area (Å²) in [5, 5.41) is 0. The van der Waals surface area contributed by atoms with E-state index in [2.05, 4.69) is 50.5 Å². The van der Waals surface area contributed by atoms with Gasteiger partial charge in [0, 0.05) is 29.6 Å². The van der Waals surface area contributed by atoms with Crippen molar-refractivity contribution in [3.8, 4) is 5.69 Å². The molecule has 2 nitrogen and oxygen atoms in total. The van der Waals surface area contributed by atoms with Crippen molar-refractivity contribution >= 4 is 5.78 Å². The fourth-order valence-corrected chi connectivity index (χ4v) is 3.28. The highest BCUT2D eigenvalue weighted by atomic mass is 16.1. The first kappa shape index (κ1) is 13.2. The van der Waals surface area contributed by atoms with Gasteiger partial charge in [0.2, 0.25) is 0 Å². The summed E-state index contributed by atoms with van der Waals surface area (Å²) in [4.78, 5) is 12.3. The van der Waals surface area contributed by atoms with Crippen molar-refractivity contribution in [1.82, 2.24) is 4.57 Å². The summed E-state index contributed by atoms with van der Waals surface area (Å²) in [5.74, 6) is 0.277. The fourth-order valence-electron chi connectivity index (χ4n) is 3.28. The molecule has 1 aliphatic carbocycles. The summed E-state index contributed by atoms with van der Waals surface area (Å²) in [5.41, 5.74) is 5.79. The van der Waals surface area contributed by atoms with Crippen LogP contribution in [0.15, 0.2) is 30.5 Å². The molecule has 1 heterocycles. The van der Waals surface area contributed by atoms with Crippen LogP contribution in [0.1, 0.15) is 47.4 Å². The molecule has 1 aromatic carbocycles. The van der Waals surface area contributed by atoms with Gasteiger partial charge in [0.25, 0.3) is 0 Å². The highest BCUT2D eigenvalue weighted by Crippen LogP contribution is 2.36. The molecule has 20 heavy (non-hydrogen) atoms. The molecule has 0 radical (unpaired) electrons. The first-order chi connectivity index (χ1) is 9.35. The molecular weight excluding hydrogens is 246 g/mol. The Morgan fingerprint density at radius 1 is 1.05 bits per heavy atom. The molecule has 0 bridgehead atoms. The average Bonchev–Trinajstić information content (AvgIpc) is 2.69. The van der Waals surface area contributed by atoms with Crippen LogP contribution in [-0.2, 0) is 6.42 Å². The van der Waals surface area contributed by atoms with Crippen molar-refractivity contribution < 1.29 is 4.79 Å². The average molecular weight is 267 g/mol. The molecule has 0 saturated heterocycles. The Kier molecular flexibility index (Phi) is 2.86. The lowest BCUT2D eigenvalue weighted by Gasteiger charge is -2.29. The minimum absolute atomic E-state index is 0.0546. The van der Waals surface area contributed by atoms with E-state index >= 15 is 0 Å². The molecule has 0 amide bonds. The second-order valence-corrected chi connectivity index (χ2v) is 6.83. The number of aromatic nitrogens is 1. The van der Waals surface area contributed by atoms with Crippen LogP contribution in [0, 0.1) is 19.3 Å². The summed E-state index contributed by atoms with van der Waals surface area (Å²) >= 11 is 0. The number of hydrogen-bond donors (Lipinski definition) is 0. The van der Waals surface area contributed by atoms with Crippen molar-refractivity contribution in [1.29, 1.82) is 0 Å². The van der Waals surface area contributed by atoms with Gasteiger partial charge in [-0.25, -0.2) is 0 Å². The summed E-state index contributed by atoms with van der Waals surface area (Å²) in [6, 6.07) is 8.51. The maximum atomic E-state index is 12.3. The van der Waals surface area contributed by atoms with Crippen molar-refractivity contribution in [2.24, 2.45) is 5.41 Å². The Balaban J connectivity index is 2.15. The highest BCUT2D eigenvalue weighted by molar-refractivity contribution is 5.99. The molecule has 0 fully saturated rings. The monoisotopic (exact) mass is 267 g/mol. The van der Waals surface area contributed by atoms with E-state index in [0.29, 0.717) is 6.42 Å². The van der Waals surface area contributed by atoms with Crippen molar-refractivity contribution in [2.45, 2.75) is 40.5 Å². The van der Waals surface area contributed by atoms with Gasteiger partial charge in [0.15, 0.2) is 5.78 Å². The van der Waals surface area contributed by atoms with Gasteiger partial charge in [-0.1, -0.05) is 19.9 Å². The van der Waals surface area contributed by atoms with Gasteiger partial charge in [-0.3, -0.25) is 4.79 Å². The van der Waals surface area contributed by atoms with E-state index in [0.717, 1.165) is 23.4 Å². The molecule has 0 aliphatic heterocycles. The molecule has 1 aliphatic rings. The fraction of sp³-hybridized carbons (Fsp3) is 0.389. The van der Waals surface area contributed by atoms with E-state index in [-0.39, 0.29) is 11.2 Å². The molecule has 3 rings (SSSR count). The Labute approximate surface area is 120 Å². The summed E-state index contributed by atoms with van der Waals surface area (Å²) < 4.78 is 2.19. The maximum Gasteiger partial charge on any atom is 0.165 e. The minimum atomic E-state index is 0.0546. The van der Waals surface area contributed by atoms with Crippen LogP contribution in [0.2, 0.25) is 0 Å². The van der Waals surface area contributed by atoms with E-state index in [9.17, 15) is 4.79 Å². The lowest BCUT2D eigenvalue weighted by atomic mass is 9.76. The molecule has 0 saturated carbocycles. The van der Waals surface area contributed by atoms with Gasteiger partial charge in [-0.15, -0.1) is 0 Å². The number of rotatable bonds is 1. The third kappa shape index (κ3) is 2.20. The molecule has 0 spiro atoms. The smallest absolute Gasteiger partial charge is 0.165 e. The Hall–Kier alpha value is -1.83. The van der Waals surface area contributed by atoms with Crippen LogP contribution in [0.4, 0.5) is 0 Å². The van der Waals surface area contributed by atoms with Crippen LogP contribution >= 0.6 is 0 Å². The van der Waals surface area contributed by atoms with E-state index < -0.39 is 0 Å². The first-order valence-corrected chi connectivity index (χ1v) is 7.18. The zero-order chi connectivity index (χ0) is 14.5. The minimum Gasteiger partial charge on any atom is -0.320 e. The van der Waals surface area contributed by atoms with Crippen molar-refractivity contribution in [3.05, 3.63) is 52.8 Å². The van der Waals surface area contributed by atoms with E-state index in [1.807, 2.05) is 12.3 Å². The van der Waals surface area contributed by atoms with Crippen LogP contribution < -0.4 is 0 Å². The summed E-state index contributed by atoms with van der Waals surface area (Å²) in [7, 11) is 0. The topological polar surface area (TPSA) is 22.0 Å². The Morgan fingerprint density at radius 3 is 2.35 bits per heavy atom. The highest BCUT2D eigenvalue weighted by Gasteiger charge is 2.33. The molecule has 0 atom stereocenters. The van der Waals surface area contributed by atoms with Gasteiger partial charge >= 0.3 is 0 Å². The number of benzene rings is 1. The number of Topliss-reactive ketones (excluding diaryl/α,β-unsaturated/α-hetero) is 1. The van der Waals surface area contributed by atoms with Crippen molar-refractivity contribution in [3.63, 3.8) is 0 Å². The van der Waals surface area contributed by atoms with Crippen LogP contribution in [0.25, 0.3) is 5.69 Å². The molecule has 0 unspecified atom stereocenters. The number of fused-ring (bicyclic) bond motifs is 1. The second-order valence-electron chi connectivity index (χ2n) is 6.83. The van der Waals surface area contributed by atoms with Gasteiger partial charge in [0.05, 0.1) is 0 Å². The predicted octanol–water partition coefficient (Wildman–Crippen LogP) is 4.25. The number of carbonyl (C=O) groups excluding carboxylic acids is 1. The molecule has 104 valence electrons. The van der Waals surface area contributed by atoms with Crippen molar-refractivity contribution in [2.75, 3.05) is 0 Å². The Bertz CT molecular complexity index is 671. The second kappa shape index (κ2) is 4.34. The summed E-state index contributed by atoms with van der Waals surface area (Å²) in [6.07, 6.45) is 3.64. The summed E-state index contributed by atoms with van der Waals surface area (Å²) in [6.45, 7) is 8.57. The Morgan fingerprint density at radius 2 is 1.70 bits per heavy atom. The van der Waals surface area contributed by atoms with E-state index in [1.54, 1.807) is 0 Å². The lowest BCUT2D eigenvalue weighted by molar-refractivity contribution is 0.0911. The van der Waals surface area contributed by atoms with E-state index in [4.69, 9.17) is 0 Å². The number of hydrogen-bond acceptors (Lipinski definition) is 1. The standard InChI is InChI=1S/C18H21NO/c1-12-7-13(2)9-14(8-12)19-6-5-15-16(19)10-18(3,4)11-17(15)20/h5-9H,10-11H2,1-4H3. The van der Waals surface area contributed by atoms with Gasteiger partial charge in [-0.05, 0) is 55.0 Å². The van der Waals surface area contributed by atoms with E-state index in [1.165, 1.54) is 11.1 Å². The van der Waals surface area contributed by atoms with Gasteiger partial charge < -0.3 is 4.57 Å². The first-order valence-electron chi connectivity index (χ1n) is 7.18. The SMILES string of the molecule is Cc1cc(C)cc(-n2ccc3c2CC(C)(C)CC3=O)c1. The molecule has 0 N–H and O–H groups in total. The molecule has 2 heteroatoms. The van der Waals surface area contributed by atoms with Crippen LogP contribution in [0.5, 0.6) is 0 Å². The number of carbonyl (C=O) groups is 1. The number of nitrogens with zero attached hydrogens (tertiary/aromatic N) is 1. The molecular formula is C18H21NO. The van der Waals surface area contributed by atoms with Gasteiger partial charge in [-0.2, -0.15) is 0 Å².